The fourth-order valence-corrected chi connectivity index (χ4v) is 2.02. The van der Waals surface area contributed by atoms with Gasteiger partial charge in [-0.2, -0.15) is 13.2 Å². The topological polar surface area (TPSA) is 39.1 Å². The Hall–Kier alpha value is -1.08. The summed E-state index contributed by atoms with van der Waals surface area (Å²) < 4.78 is 42.6. The van der Waals surface area contributed by atoms with Crippen molar-refractivity contribution in [2.24, 2.45) is 0 Å². The van der Waals surface area contributed by atoms with Crippen molar-refractivity contribution in [2.75, 3.05) is 19.8 Å². The van der Waals surface area contributed by atoms with Gasteiger partial charge in [-0.1, -0.05) is 6.92 Å². The van der Waals surface area contributed by atoms with E-state index in [2.05, 4.69) is 15.0 Å². The number of halogens is 3. The van der Waals surface area contributed by atoms with E-state index in [4.69, 9.17) is 0 Å². The Balaban J connectivity index is 2.40. The third-order valence-electron chi connectivity index (χ3n) is 2.94. The second kappa shape index (κ2) is 8.26. The van der Waals surface area contributed by atoms with Crippen LogP contribution in [0.5, 0.6) is 0 Å². The molecule has 116 valence electrons. The second-order valence-electron chi connectivity index (χ2n) is 4.54. The number of aryl methyl sites for hydroxylation is 1. The summed E-state index contributed by atoms with van der Waals surface area (Å²) in [5, 5.41) is 3.26. The Morgan fingerprint density at radius 2 is 2.15 bits per heavy atom. The summed E-state index contributed by atoms with van der Waals surface area (Å²) in [6.45, 7) is 4.49. The number of imidazole rings is 1. The summed E-state index contributed by atoms with van der Waals surface area (Å²) in [5.41, 5.74) is 0. The normalized spacial score (nSPS) is 13.7. The molecule has 0 aromatic carbocycles. The Morgan fingerprint density at radius 3 is 2.75 bits per heavy atom. The van der Waals surface area contributed by atoms with Gasteiger partial charge < -0.3 is 14.6 Å². The van der Waals surface area contributed by atoms with Crippen molar-refractivity contribution < 1.29 is 17.9 Å². The minimum Gasteiger partial charge on any atom is -0.372 e. The molecule has 1 unspecified atom stereocenters. The highest BCUT2D eigenvalue weighted by molar-refractivity contribution is 4.95. The molecule has 0 amide bonds. The number of nitrogens with zero attached hydrogens (tertiary/aromatic N) is 2. The molecule has 1 N–H and O–H groups in total. The third-order valence-corrected chi connectivity index (χ3v) is 2.94. The minimum absolute atomic E-state index is 0.0703. The summed E-state index contributed by atoms with van der Waals surface area (Å²) in [5.74, 6) is 0.939. The monoisotopic (exact) mass is 293 g/mol. The Kier molecular flexibility index (Phi) is 7.01. The number of hydrogen-bond acceptors (Lipinski definition) is 3. The number of likely N-dealkylation sites (N-methyl/N-ethyl adjacent to an activating group) is 1. The standard InChI is InChI=1S/C13H22F3N3O/c1-3-17-11(5-8-20-10-13(14,15)16)9-12-18-6-7-19(12)4-2/h6-7,11,17H,3-5,8-10H2,1-2H3. The van der Waals surface area contributed by atoms with Crippen LogP contribution in [0.3, 0.4) is 0 Å². The lowest BCUT2D eigenvalue weighted by molar-refractivity contribution is -0.174. The molecule has 0 aliphatic heterocycles. The first-order chi connectivity index (χ1) is 9.46. The Morgan fingerprint density at radius 1 is 1.40 bits per heavy atom. The molecule has 20 heavy (non-hydrogen) atoms. The molecule has 0 bridgehead atoms. The van der Waals surface area contributed by atoms with Gasteiger partial charge in [-0.25, -0.2) is 4.98 Å². The predicted molar refractivity (Wildman–Crippen MR) is 70.6 cm³/mol. The fourth-order valence-electron chi connectivity index (χ4n) is 2.02. The minimum atomic E-state index is -4.26. The molecule has 0 fully saturated rings. The van der Waals surface area contributed by atoms with Crippen molar-refractivity contribution in [3.05, 3.63) is 18.2 Å². The zero-order valence-corrected chi connectivity index (χ0v) is 11.9. The average molecular weight is 293 g/mol. The van der Waals surface area contributed by atoms with Gasteiger partial charge in [-0.05, 0) is 19.9 Å². The van der Waals surface area contributed by atoms with Crippen LogP contribution in [-0.4, -0.2) is 41.5 Å². The maximum atomic E-state index is 12.0. The first-order valence-electron chi connectivity index (χ1n) is 6.84. The summed E-state index contributed by atoms with van der Waals surface area (Å²) in [6, 6.07) is 0.0703. The molecule has 0 aliphatic carbocycles. The van der Waals surface area contributed by atoms with Crippen molar-refractivity contribution in [1.82, 2.24) is 14.9 Å². The van der Waals surface area contributed by atoms with E-state index in [9.17, 15) is 13.2 Å². The van der Waals surface area contributed by atoms with E-state index in [-0.39, 0.29) is 12.6 Å². The van der Waals surface area contributed by atoms with Gasteiger partial charge in [-0.15, -0.1) is 0 Å². The van der Waals surface area contributed by atoms with Gasteiger partial charge in [0.15, 0.2) is 0 Å². The molecule has 1 rings (SSSR count). The van der Waals surface area contributed by atoms with E-state index < -0.39 is 12.8 Å². The number of ether oxygens (including phenoxy) is 1. The lowest BCUT2D eigenvalue weighted by Gasteiger charge is -2.18. The molecule has 0 saturated carbocycles. The van der Waals surface area contributed by atoms with Crippen molar-refractivity contribution in [2.45, 2.75) is 45.5 Å². The number of alkyl halides is 3. The molecule has 0 spiro atoms. The molecule has 4 nitrogen and oxygen atoms in total. The maximum Gasteiger partial charge on any atom is 0.411 e. The Bertz CT molecular complexity index is 379. The van der Waals surface area contributed by atoms with Crippen LogP contribution in [0.4, 0.5) is 13.2 Å². The smallest absolute Gasteiger partial charge is 0.372 e. The van der Waals surface area contributed by atoms with Crippen LogP contribution in [0.1, 0.15) is 26.1 Å². The highest BCUT2D eigenvalue weighted by Crippen LogP contribution is 2.14. The van der Waals surface area contributed by atoms with Gasteiger partial charge in [0, 0.05) is 38.0 Å². The summed E-state index contributed by atoms with van der Waals surface area (Å²) in [6.07, 6.45) is 0.594. The molecule has 0 saturated heterocycles. The van der Waals surface area contributed by atoms with Gasteiger partial charge in [0.2, 0.25) is 0 Å². The quantitative estimate of drug-likeness (QED) is 0.711. The van der Waals surface area contributed by atoms with E-state index in [1.807, 2.05) is 24.6 Å². The molecule has 0 aliphatic rings. The van der Waals surface area contributed by atoms with E-state index in [1.54, 1.807) is 6.20 Å². The van der Waals surface area contributed by atoms with E-state index in [1.165, 1.54) is 0 Å². The lowest BCUT2D eigenvalue weighted by Crippen LogP contribution is -2.33. The largest absolute Gasteiger partial charge is 0.411 e. The number of nitrogens with one attached hydrogen (secondary N) is 1. The molecule has 7 heteroatoms. The van der Waals surface area contributed by atoms with E-state index in [0.29, 0.717) is 12.8 Å². The average Bonchev–Trinajstić information content (AvgIpc) is 2.81. The molecular weight excluding hydrogens is 271 g/mol. The molecule has 1 aromatic rings. The van der Waals surface area contributed by atoms with E-state index >= 15 is 0 Å². The number of aromatic nitrogens is 2. The van der Waals surface area contributed by atoms with Crippen LogP contribution in [-0.2, 0) is 17.7 Å². The highest BCUT2D eigenvalue weighted by atomic mass is 19.4. The van der Waals surface area contributed by atoms with Crippen molar-refractivity contribution in [3.8, 4) is 0 Å². The molecule has 1 heterocycles. The van der Waals surface area contributed by atoms with Crippen LogP contribution in [0.2, 0.25) is 0 Å². The highest BCUT2D eigenvalue weighted by Gasteiger charge is 2.27. The molecule has 0 radical (unpaired) electrons. The van der Waals surface area contributed by atoms with Crippen LogP contribution in [0, 0.1) is 0 Å². The molecule has 1 aromatic heterocycles. The zero-order chi connectivity index (χ0) is 15.0. The van der Waals surface area contributed by atoms with Gasteiger partial charge in [-0.3, -0.25) is 0 Å². The van der Waals surface area contributed by atoms with Crippen molar-refractivity contribution >= 4 is 0 Å². The second-order valence-corrected chi connectivity index (χ2v) is 4.54. The molecule has 1 atom stereocenters. The SMILES string of the molecule is CCNC(CCOCC(F)(F)F)Cc1nccn1CC. The summed E-state index contributed by atoms with van der Waals surface area (Å²) in [7, 11) is 0. The number of hydrogen-bond donors (Lipinski definition) is 1. The van der Waals surface area contributed by atoms with Crippen LogP contribution in [0.15, 0.2) is 12.4 Å². The van der Waals surface area contributed by atoms with Gasteiger partial charge in [0.25, 0.3) is 0 Å². The third kappa shape index (κ3) is 6.38. The van der Waals surface area contributed by atoms with Gasteiger partial charge in [0.05, 0.1) is 0 Å². The van der Waals surface area contributed by atoms with Crippen molar-refractivity contribution in [3.63, 3.8) is 0 Å². The van der Waals surface area contributed by atoms with Crippen LogP contribution < -0.4 is 5.32 Å². The van der Waals surface area contributed by atoms with Gasteiger partial charge in [0.1, 0.15) is 12.4 Å². The Labute approximate surface area is 117 Å². The van der Waals surface area contributed by atoms with Gasteiger partial charge >= 0.3 is 6.18 Å². The zero-order valence-electron chi connectivity index (χ0n) is 11.9. The first kappa shape index (κ1) is 17.0. The first-order valence-corrected chi connectivity index (χ1v) is 6.84. The maximum absolute atomic E-state index is 12.0. The molecular formula is C13H22F3N3O. The van der Waals surface area contributed by atoms with E-state index in [0.717, 1.165) is 18.9 Å². The van der Waals surface area contributed by atoms with Crippen LogP contribution >= 0.6 is 0 Å². The van der Waals surface area contributed by atoms with Crippen LogP contribution in [0.25, 0.3) is 0 Å². The lowest BCUT2D eigenvalue weighted by atomic mass is 10.1. The summed E-state index contributed by atoms with van der Waals surface area (Å²) in [4.78, 5) is 4.28. The number of rotatable bonds is 9. The van der Waals surface area contributed by atoms with Crippen molar-refractivity contribution in [1.29, 1.82) is 0 Å². The fraction of sp³-hybridized carbons (Fsp3) is 0.769. The summed E-state index contributed by atoms with van der Waals surface area (Å²) >= 11 is 0. The predicted octanol–water partition coefficient (Wildman–Crippen LogP) is 2.39.